The molecule has 0 atom stereocenters. The molecule has 1 N–H and O–H groups in total. The Kier molecular flexibility index (Phi) is 3.78. The van der Waals surface area contributed by atoms with Crippen molar-refractivity contribution in [2.24, 2.45) is 7.05 Å². The van der Waals surface area contributed by atoms with Gasteiger partial charge in [0.1, 0.15) is 0 Å². The summed E-state index contributed by atoms with van der Waals surface area (Å²) in [7, 11) is 1.84. The van der Waals surface area contributed by atoms with Crippen LogP contribution in [0.25, 0.3) is 0 Å². The Bertz CT molecular complexity index is 405. The van der Waals surface area contributed by atoms with Crippen molar-refractivity contribution < 1.29 is 9.90 Å². The van der Waals surface area contributed by atoms with Crippen LogP contribution in [0.4, 0.5) is 0 Å². The molecule has 90 valence electrons. The summed E-state index contributed by atoms with van der Waals surface area (Å²) in [6.45, 7) is 6.25. The zero-order chi connectivity index (χ0) is 12.5. The highest BCUT2D eigenvalue weighted by Crippen LogP contribution is 2.31. The van der Waals surface area contributed by atoms with Gasteiger partial charge < -0.3 is 5.11 Å². The van der Waals surface area contributed by atoms with Crippen LogP contribution >= 0.6 is 15.9 Å². The summed E-state index contributed by atoms with van der Waals surface area (Å²) in [5.41, 5.74) is 1.86. The fourth-order valence-corrected chi connectivity index (χ4v) is 2.64. The standard InChI is InChI=1S/C11H17BrN2O2/c1-11(2,3)10-9(12)7(14(4)13-10)5-6-8(15)16/h5-6H2,1-4H3,(H,15,16). The Balaban J connectivity index is 3.03. The maximum Gasteiger partial charge on any atom is 0.303 e. The number of aryl methyl sites for hydroxylation is 1. The van der Waals surface area contributed by atoms with Crippen molar-refractivity contribution in [3.63, 3.8) is 0 Å². The van der Waals surface area contributed by atoms with E-state index in [1.54, 1.807) is 4.68 Å². The number of carboxylic acids is 1. The molecule has 0 radical (unpaired) electrons. The van der Waals surface area contributed by atoms with Gasteiger partial charge in [0, 0.05) is 18.9 Å². The Labute approximate surface area is 104 Å². The van der Waals surface area contributed by atoms with Crippen LogP contribution in [0.2, 0.25) is 0 Å². The molecule has 0 bridgehead atoms. The van der Waals surface area contributed by atoms with Crippen molar-refractivity contribution >= 4 is 21.9 Å². The number of aliphatic carboxylic acids is 1. The molecule has 16 heavy (non-hydrogen) atoms. The monoisotopic (exact) mass is 288 g/mol. The molecule has 0 spiro atoms. The third kappa shape index (κ3) is 2.84. The zero-order valence-electron chi connectivity index (χ0n) is 10.0. The first-order valence-electron chi connectivity index (χ1n) is 5.17. The molecule has 0 aromatic carbocycles. The highest BCUT2D eigenvalue weighted by molar-refractivity contribution is 9.10. The second-order valence-corrected chi connectivity index (χ2v) is 5.67. The van der Waals surface area contributed by atoms with E-state index in [4.69, 9.17) is 5.11 Å². The lowest BCUT2D eigenvalue weighted by molar-refractivity contribution is -0.136. The predicted molar refractivity (Wildman–Crippen MR) is 65.6 cm³/mol. The van der Waals surface area contributed by atoms with Gasteiger partial charge in [-0.25, -0.2) is 0 Å². The number of carbonyl (C=O) groups is 1. The van der Waals surface area contributed by atoms with Crippen molar-refractivity contribution in [3.05, 3.63) is 15.9 Å². The third-order valence-electron chi connectivity index (χ3n) is 2.39. The molecular formula is C11H17BrN2O2. The average molecular weight is 289 g/mol. The third-order valence-corrected chi connectivity index (χ3v) is 3.22. The lowest BCUT2D eigenvalue weighted by Crippen LogP contribution is -2.13. The first kappa shape index (κ1) is 13.2. The summed E-state index contributed by atoms with van der Waals surface area (Å²) in [5, 5.41) is 13.1. The van der Waals surface area contributed by atoms with Crippen LogP contribution in [0.15, 0.2) is 4.47 Å². The van der Waals surface area contributed by atoms with Gasteiger partial charge in [-0.2, -0.15) is 5.10 Å². The molecule has 0 unspecified atom stereocenters. The predicted octanol–water partition coefficient (Wildman–Crippen LogP) is 2.50. The van der Waals surface area contributed by atoms with Crippen LogP contribution < -0.4 is 0 Å². The molecule has 0 amide bonds. The number of rotatable bonds is 3. The summed E-state index contributed by atoms with van der Waals surface area (Å²) >= 11 is 3.51. The second kappa shape index (κ2) is 4.57. The van der Waals surface area contributed by atoms with Gasteiger partial charge in [-0.3, -0.25) is 9.48 Å². The number of hydrogen-bond acceptors (Lipinski definition) is 2. The van der Waals surface area contributed by atoms with Gasteiger partial charge in [-0.1, -0.05) is 20.8 Å². The Morgan fingerprint density at radius 1 is 1.50 bits per heavy atom. The fraction of sp³-hybridized carbons (Fsp3) is 0.636. The molecule has 1 aromatic heterocycles. The highest BCUT2D eigenvalue weighted by atomic mass is 79.9. The molecule has 0 fully saturated rings. The van der Waals surface area contributed by atoms with Crippen LogP contribution in [0, 0.1) is 0 Å². The van der Waals surface area contributed by atoms with E-state index in [1.807, 2.05) is 7.05 Å². The fourth-order valence-electron chi connectivity index (χ4n) is 1.51. The summed E-state index contributed by atoms with van der Waals surface area (Å²) in [5.74, 6) is -0.787. The van der Waals surface area contributed by atoms with Crippen LogP contribution in [-0.4, -0.2) is 20.9 Å². The van der Waals surface area contributed by atoms with Crippen molar-refractivity contribution in [1.29, 1.82) is 0 Å². The van der Waals surface area contributed by atoms with Gasteiger partial charge >= 0.3 is 5.97 Å². The van der Waals surface area contributed by atoms with Gasteiger partial charge in [0.15, 0.2) is 0 Å². The summed E-state index contributed by atoms with van der Waals surface area (Å²) in [6, 6.07) is 0. The van der Waals surface area contributed by atoms with E-state index in [0.717, 1.165) is 15.9 Å². The van der Waals surface area contributed by atoms with Gasteiger partial charge in [-0.05, 0) is 15.9 Å². The lowest BCUT2D eigenvalue weighted by Gasteiger charge is -2.15. The minimum Gasteiger partial charge on any atom is -0.481 e. The van der Waals surface area contributed by atoms with Gasteiger partial charge in [0.05, 0.1) is 22.3 Å². The smallest absolute Gasteiger partial charge is 0.303 e. The number of nitrogens with zero attached hydrogens (tertiary/aromatic N) is 2. The number of hydrogen-bond donors (Lipinski definition) is 1. The molecule has 0 aliphatic rings. The molecule has 5 heteroatoms. The quantitative estimate of drug-likeness (QED) is 0.930. The number of carboxylic acid groups (broad SMARTS) is 1. The van der Waals surface area contributed by atoms with E-state index in [2.05, 4.69) is 41.8 Å². The van der Waals surface area contributed by atoms with E-state index in [0.29, 0.717) is 6.42 Å². The molecule has 0 aliphatic carbocycles. The van der Waals surface area contributed by atoms with E-state index in [9.17, 15) is 4.79 Å². The first-order chi connectivity index (χ1) is 7.23. The Morgan fingerprint density at radius 2 is 2.06 bits per heavy atom. The normalized spacial score (nSPS) is 11.8. The SMILES string of the molecule is Cn1nc(C(C)(C)C)c(Br)c1CCC(=O)O. The molecule has 0 saturated carbocycles. The van der Waals surface area contributed by atoms with Gasteiger partial charge in [0.2, 0.25) is 0 Å². The van der Waals surface area contributed by atoms with Gasteiger partial charge in [0.25, 0.3) is 0 Å². The molecule has 1 aromatic rings. The summed E-state index contributed by atoms with van der Waals surface area (Å²) in [4.78, 5) is 10.6. The summed E-state index contributed by atoms with van der Waals surface area (Å²) < 4.78 is 2.69. The first-order valence-corrected chi connectivity index (χ1v) is 5.96. The molecular weight excluding hydrogens is 272 g/mol. The van der Waals surface area contributed by atoms with Crippen molar-refractivity contribution in [3.8, 4) is 0 Å². The number of halogens is 1. The minimum atomic E-state index is -0.787. The highest BCUT2D eigenvalue weighted by Gasteiger charge is 2.24. The minimum absolute atomic E-state index is 0.0436. The van der Waals surface area contributed by atoms with Crippen LogP contribution in [0.5, 0.6) is 0 Å². The largest absolute Gasteiger partial charge is 0.481 e. The second-order valence-electron chi connectivity index (χ2n) is 4.88. The van der Waals surface area contributed by atoms with Gasteiger partial charge in [-0.15, -0.1) is 0 Å². The van der Waals surface area contributed by atoms with E-state index >= 15 is 0 Å². The molecule has 1 heterocycles. The molecule has 0 saturated heterocycles. The topological polar surface area (TPSA) is 55.1 Å². The maximum atomic E-state index is 10.6. The van der Waals surface area contributed by atoms with Crippen LogP contribution in [0.1, 0.15) is 38.6 Å². The molecule has 0 aliphatic heterocycles. The Morgan fingerprint density at radius 3 is 2.44 bits per heavy atom. The van der Waals surface area contributed by atoms with Crippen molar-refractivity contribution in [1.82, 2.24) is 9.78 Å². The molecule has 1 rings (SSSR count). The van der Waals surface area contributed by atoms with Crippen molar-refractivity contribution in [2.45, 2.75) is 39.0 Å². The lowest BCUT2D eigenvalue weighted by atomic mass is 9.92. The van der Waals surface area contributed by atoms with E-state index < -0.39 is 5.97 Å². The van der Waals surface area contributed by atoms with Crippen LogP contribution in [0.3, 0.4) is 0 Å². The summed E-state index contributed by atoms with van der Waals surface area (Å²) in [6.07, 6.45) is 0.622. The van der Waals surface area contributed by atoms with Crippen LogP contribution in [-0.2, 0) is 23.7 Å². The van der Waals surface area contributed by atoms with E-state index in [-0.39, 0.29) is 11.8 Å². The number of aromatic nitrogens is 2. The van der Waals surface area contributed by atoms with E-state index in [1.165, 1.54) is 0 Å². The Hall–Kier alpha value is -0.840. The molecule has 4 nitrogen and oxygen atoms in total. The maximum absolute atomic E-state index is 10.6. The van der Waals surface area contributed by atoms with Crippen molar-refractivity contribution in [2.75, 3.05) is 0 Å². The average Bonchev–Trinajstić information content (AvgIpc) is 2.38. The zero-order valence-corrected chi connectivity index (χ0v) is 11.6.